The van der Waals surface area contributed by atoms with Crippen molar-refractivity contribution in [3.63, 3.8) is 0 Å². The van der Waals surface area contributed by atoms with Gasteiger partial charge in [0.2, 0.25) is 0 Å². The minimum Gasteiger partial charge on any atom is -0.491 e. The van der Waals surface area contributed by atoms with Gasteiger partial charge in [-0.15, -0.1) is 11.8 Å². The fourth-order valence-corrected chi connectivity index (χ4v) is 1.51. The summed E-state index contributed by atoms with van der Waals surface area (Å²) in [6.07, 6.45) is 1.26. The Morgan fingerprint density at radius 2 is 2.07 bits per heavy atom. The van der Waals surface area contributed by atoms with Crippen LogP contribution in [-0.4, -0.2) is 30.4 Å². The monoisotopic (exact) mass is 212 g/mol. The van der Waals surface area contributed by atoms with Crippen LogP contribution in [0.3, 0.4) is 0 Å². The van der Waals surface area contributed by atoms with Crippen LogP contribution in [0.2, 0.25) is 0 Å². The van der Waals surface area contributed by atoms with Crippen molar-refractivity contribution >= 4 is 11.8 Å². The summed E-state index contributed by atoms with van der Waals surface area (Å²) < 4.78 is 10.2. The molecule has 0 amide bonds. The van der Waals surface area contributed by atoms with Crippen molar-refractivity contribution in [1.29, 1.82) is 0 Å². The van der Waals surface area contributed by atoms with Gasteiger partial charge in [-0.05, 0) is 30.5 Å². The number of epoxide rings is 1. The van der Waals surface area contributed by atoms with Crippen LogP contribution in [0.4, 0.5) is 0 Å². The lowest BCUT2D eigenvalue weighted by Gasteiger charge is -2.04. The Bertz CT molecular complexity index is 299. The Labute approximate surface area is 87.0 Å². The number of benzene rings is 1. The van der Waals surface area contributed by atoms with E-state index >= 15 is 0 Å². The Morgan fingerprint density at radius 1 is 1.43 bits per heavy atom. The number of aliphatic hydroxyl groups excluding tert-OH is 1. The van der Waals surface area contributed by atoms with Crippen LogP contribution < -0.4 is 4.74 Å². The molecule has 0 spiro atoms. The zero-order valence-electron chi connectivity index (χ0n) is 7.84. The summed E-state index contributed by atoms with van der Waals surface area (Å²) in [5.74, 6) is 0.811. The van der Waals surface area contributed by atoms with Gasteiger partial charge >= 0.3 is 0 Å². The van der Waals surface area contributed by atoms with Crippen LogP contribution >= 0.6 is 11.8 Å². The number of hydrogen-bond acceptors (Lipinski definition) is 4. The third-order valence-electron chi connectivity index (χ3n) is 2.03. The minimum atomic E-state index is -0.625. The first-order valence-electron chi connectivity index (χ1n) is 4.40. The average molecular weight is 212 g/mol. The lowest BCUT2D eigenvalue weighted by molar-refractivity contribution is 0.155. The van der Waals surface area contributed by atoms with E-state index in [1.807, 2.05) is 30.5 Å². The van der Waals surface area contributed by atoms with Gasteiger partial charge in [0.25, 0.3) is 0 Å². The van der Waals surface area contributed by atoms with Crippen molar-refractivity contribution in [3.8, 4) is 5.75 Å². The van der Waals surface area contributed by atoms with E-state index in [0.717, 1.165) is 5.75 Å². The van der Waals surface area contributed by atoms with E-state index in [1.165, 1.54) is 4.90 Å². The van der Waals surface area contributed by atoms with E-state index in [0.29, 0.717) is 6.61 Å². The molecule has 4 heteroatoms. The molecule has 0 bridgehead atoms. The Morgan fingerprint density at radius 3 is 2.57 bits per heavy atom. The summed E-state index contributed by atoms with van der Waals surface area (Å²) in [4.78, 5) is 1.21. The van der Waals surface area contributed by atoms with E-state index in [-0.39, 0.29) is 6.10 Å². The molecule has 1 N–H and O–H groups in total. The molecule has 2 rings (SSSR count). The fourth-order valence-electron chi connectivity index (χ4n) is 1.11. The normalized spacial score (nSPS) is 24.7. The van der Waals surface area contributed by atoms with Crippen molar-refractivity contribution in [3.05, 3.63) is 24.3 Å². The van der Waals surface area contributed by atoms with E-state index in [1.54, 1.807) is 11.8 Å². The zero-order valence-corrected chi connectivity index (χ0v) is 8.66. The molecule has 3 nitrogen and oxygen atoms in total. The van der Waals surface area contributed by atoms with Crippen LogP contribution in [0.5, 0.6) is 5.75 Å². The largest absolute Gasteiger partial charge is 0.491 e. The maximum Gasteiger partial charge on any atom is 0.185 e. The first-order chi connectivity index (χ1) is 6.79. The molecule has 1 aliphatic rings. The quantitative estimate of drug-likeness (QED) is 0.606. The zero-order chi connectivity index (χ0) is 9.97. The molecule has 0 unspecified atom stereocenters. The summed E-state index contributed by atoms with van der Waals surface area (Å²) in [6, 6.07) is 7.84. The molecule has 0 radical (unpaired) electrons. The standard InChI is InChI=1S/C10H12O3S/c1-14-8-4-2-7(3-5-8)12-6-9-10(11)13-9/h2-5,9-11H,6H2,1H3/t9-,10-/m0/s1. The summed E-state index contributed by atoms with van der Waals surface area (Å²) in [5.41, 5.74) is 0. The van der Waals surface area contributed by atoms with Crippen LogP contribution in [0.15, 0.2) is 29.2 Å². The van der Waals surface area contributed by atoms with E-state index in [2.05, 4.69) is 0 Å². The first-order valence-corrected chi connectivity index (χ1v) is 5.62. The molecule has 1 saturated heterocycles. The second-order valence-corrected chi connectivity index (χ2v) is 3.93. The van der Waals surface area contributed by atoms with Crippen molar-refractivity contribution in [2.45, 2.75) is 17.3 Å². The molecule has 1 heterocycles. The molecule has 1 fully saturated rings. The van der Waals surface area contributed by atoms with Crippen molar-refractivity contribution in [2.24, 2.45) is 0 Å². The van der Waals surface area contributed by atoms with Crippen molar-refractivity contribution in [1.82, 2.24) is 0 Å². The number of hydrogen-bond donors (Lipinski definition) is 1. The van der Waals surface area contributed by atoms with Gasteiger partial charge in [-0.25, -0.2) is 0 Å². The third-order valence-corrected chi connectivity index (χ3v) is 2.77. The highest BCUT2D eigenvalue weighted by Crippen LogP contribution is 2.22. The maximum atomic E-state index is 8.88. The Hall–Kier alpha value is -0.710. The molecule has 1 aliphatic heterocycles. The van der Waals surface area contributed by atoms with E-state index in [4.69, 9.17) is 14.6 Å². The first kappa shape index (κ1) is 9.83. The molecule has 0 aliphatic carbocycles. The van der Waals surface area contributed by atoms with Gasteiger partial charge in [0, 0.05) is 4.90 Å². The topological polar surface area (TPSA) is 42.0 Å². The molecule has 0 aromatic heterocycles. The smallest absolute Gasteiger partial charge is 0.185 e. The second kappa shape index (κ2) is 4.21. The SMILES string of the molecule is CSc1ccc(OC[C@@H]2O[C@@H]2O)cc1. The molecule has 1 aromatic rings. The predicted molar refractivity (Wildman–Crippen MR) is 54.6 cm³/mol. The molecule has 14 heavy (non-hydrogen) atoms. The maximum absolute atomic E-state index is 8.88. The highest BCUT2D eigenvalue weighted by molar-refractivity contribution is 7.98. The molecule has 1 aromatic carbocycles. The molecular formula is C10H12O3S. The molecule has 76 valence electrons. The van der Waals surface area contributed by atoms with Gasteiger partial charge in [0.1, 0.15) is 18.5 Å². The van der Waals surface area contributed by atoms with E-state index < -0.39 is 6.29 Å². The van der Waals surface area contributed by atoms with Gasteiger partial charge in [-0.2, -0.15) is 0 Å². The van der Waals surface area contributed by atoms with Gasteiger partial charge < -0.3 is 14.6 Å². The lowest BCUT2D eigenvalue weighted by Crippen LogP contribution is -2.06. The predicted octanol–water partition coefficient (Wildman–Crippen LogP) is 1.50. The average Bonchev–Trinajstić information content (AvgIpc) is 2.92. The van der Waals surface area contributed by atoms with Gasteiger partial charge in [0.05, 0.1) is 0 Å². The summed E-state index contributed by atoms with van der Waals surface area (Å²) in [7, 11) is 0. The Balaban J connectivity index is 1.84. The number of thioether (sulfide) groups is 1. The summed E-state index contributed by atoms with van der Waals surface area (Å²) in [5, 5.41) is 8.88. The molecule has 0 saturated carbocycles. The van der Waals surface area contributed by atoms with Gasteiger partial charge in [-0.1, -0.05) is 0 Å². The molecule has 2 atom stereocenters. The summed E-state index contributed by atoms with van der Waals surface area (Å²) >= 11 is 1.69. The highest BCUT2D eigenvalue weighted by atomic mass is 32.2. The van der Waals surface area contributed by atoms with Crippen molar-refractivity contribution < 1.29 is 14.6 Å². The van der Waals surface area contributed by atoms with Crippen LogP contribution in [0.1, 0.15) is 0 Å². The van der Waals surface area contributed by atoms with Crippen molar-refractivity contribution in [2.75, 3.05) is 12.9 Å². The Kier molecular flexibility index (Phi) is 2.96. The third kappa shape index (κ3) is 2.41. The van der Waals surface area contributed by atoms with Gasteiger partial charge in [-0.3, -0.25) is 0 Å². The lowest BCUT2D eigenvalue weighted by atomic mass is 10.3. The van der Waals surface area contributed by atoms with E-state index in [9.17, 15) is 0 Å². The van der Waals surface area contributed by atoms with Crippen LogP contribution in [0.25, 0.3) is 0 Å². The fraction of sp³-hybridized carbons (Fsp3) is 0.400. The van der Waals surface area contributed by atoms with Crippen LogP contribution in [0, 0.1) is 0 Å². The second-order valence-electron chi connectivity index (χ2n) is 3.05. The minimum absolute atomic E-state index is 0.143. The number of rotatable bonds is 4. The number of aliphatic hydroxyl groups is 1. The molecular weight excluding hydrogens is 200 g/mol. The van der Waals surface area contributed by atoms with Gasteiger partial charge in [0.15, 0.2) is 6.29 Å². The summed E-state index contributed by atoms with van der Waals surface area (Å²) in [6.45, 7) is 0.416. The highest BCUT2D eigenvalue weighted by Gasteiger charge is 2.37. The van der Waals surface area contributed by atoms with Crippen LogP contribution in [-0.2, 0) is 4.74 Å². The number of ether oxygens (including phenoxy) is 2.